The molecule has 1 rings (SSSR count). The first-order valence-corrected chi connectivity index (χ1v) is 9.82. The van der Waals surface area contributed by atoms with E-state index in [2.05, 4.69) is 11.7 Å². The molecule has 0 radical (unpaired) electrons. The van der Waals surface area contributed by atoms with Gasteiger partial charge in [-0.05, 0) is 18.6 Å². The topological polar surface area (TPSA) is 26.3 Å². The van der Waals surface area contributed by atoms with Gasteiger partial charge in [0.2, 0.25) is 0 Å². The van der Waals surface area contributed by atoms with E-state index in [1.54, 1.807) is 6.07 Å². The lowest BCUT2D eigenvalue weighted by Crippen LogP contribution is -2.19. The second-order valence-electron chi connectivity index (χ2n) is 6.75. The van der Waals surface area contributed by atoms with Gasteiger partial charge >= 0.3 is 6.36 Å². The Morgan fingerprint density at radius 1 is 0.846 bits per heavy atom. The predicted molar refractivity (Wildman–Crippen MR) is 98.5 cm³/mol. The molecule has 0 amide bonds. The van der Waals surface area contributed by atoms with Crippen LogP contribution in [0.25, 0.3) is 0 Å². The molecule has 0 spiro atoms. The minimum Gasteiger partial charge on any atom is -0.405 e. The molecular weight excluding hydrogens is 341 g/mol. The standard InChI is InChI=1S/C21H31F3O2/c1-2-3-4-5-6-7-8-9-10-11-12-16-19(25)18-15-13-14-17-20(18)26-21(22,23)24/h13-15,17H,2-12,16H2,1H3. The second kappa shape index (κ2) is 12.8. The summed E-state index contributed by atoms with van der Waals surface area (Å²) in [5.41, 5.74) is 0.0110. The number of alkyl halides is 3. The van der Waals surface area contributed by atoms with Crippen LogP contribution in [0, 0.1) is 0 Å². The molecule has 0 aliphatic rings. The number of hydrogen-bond acceptors (Lipinski definition) is 2. The molecule has 0 saturated heterocycles. The predicted octanol–water partition coefficient (Wildman–Crippen LogP) is 7.47. The first kappa shape index (κ1) is 22.5. The van der Waals surface area contributed by atoms with Gasteiger partial charge in [0.05, 0.1) is 5.56 Å². The van der Waals surface area contributed by atoms with E-state index in [0.29, 0.717) is 6.42 Å². The van der Waals surface area contributed by atoms with E-state index in [1.165, 1.54) is 63.1 Å². The van der Waals surface area contributed by atoms with E-state index in [9.17, 15) is 18.0 Å². The van der Waals surface area contributed by atoms with Gasteiger partial charge in [0.25, 0.3) is 0 Å². The Morgan fingerprint density at radius 2 is 1.35 bits per heavy atom. The Kier molecular flexibility index (Phi) is 11.1. The van der Waals surface area contributed by atoms with Crippen molar-refractivity contribution in [1.29, 1.82) is 0 Å². The number of ketones is 1. The van der Waals surface area contributed by atoms with Crippen LogP contribution in [0.4, 0.5) is 13.2 Å². The Labute approximate surface area is 155 Å². The highest BCUT2D eigenvalue weighted by molar-refractivity contribution is 5.98. The fourth-order valence-electron chi connectivity index (χ4n) is 3.00. The van der Waals surface area contributed by atoms with Gasteiger partial charge in [0.1, 0.15) is 5.75 Å². The van der Waals surface area contributed by atoms with Gasteiger partial charge in [-0.25, -0.2) is 0 Å². The molecule has 0 heterocycles. The number of halogens is 3. The zero-order chi connectivity index (χ0) is 19.3. The SMILES string of the molecule is CCCCCCCCCCCCCC(=O)c1ccccc1OC(F)(F)F. The van der Waals surface area contributed by atoms with Crippen LogP contribution < -0.4 is 4.74 Å². The number of hydrogen-bond donors (Lipinski definition) is 0. The number of benzene rings is 1. The maximum absolute atomic E-state index is 12.4. The summed E-state index contributed by atoms with van der Waals surface area (Å²) in [4.78, 5) is 12.2. The molecule has 0 aliphatic carbocycles. The average molecular weight is 372 g/mol. The van der Waals surface area contributed by atoms with Crippen LogP contribution in [0.3, 0.4) is 0 Å². The summed E-state index contributed by atoms with van der Waals surface area (Å²) in [5.74, 6) is -0.700. The Balaban J connectivity index is 2.17. The molecule has 5 heteroatoms. The zero-order valence-electron chi connectivity index (χ0n) is 15.7. The van der Waals surface area contributed by atoms with E-state index in [-0.39, 0.29) is 17.8 Å². The Hall–Kier alpha value is -1.52. The third-order valence-electron chi connectivity index (χ3n) is 4.42. The molecule has 148 valence electrons. The molecule has 1 aromatic carbocycles. The Bertz CT molecular complexity index is 512. The van der Waals surface area contributed by atoms with Crippen LogP contribution in [0.2, 0.25) is 0 Å². The van der Waals surface area contributed by atoms with Crippen LogP contribution in [-0.2, 0) is 0 Å². The molecule has 2 nitrogen and oxygen atoms in total. The van der Waals surface area contributed by atoms with Gasteiger partial charge in [-0.2, -0.15) is 0 Å². The van der Waals surface area contributed by atoms with E-state index in [1.807, 2.05) is 0 Å². The van der Waals surface area contributed by atoms with Gasteiger partial charge in [0.15, 0.2) is 5.78 Å². The number of para-hydroxylation sites is 1. The highest BCUT2D eigenvalue weighted by Crippen LogP contribution is 2.27. The fourth-order valence-corrected chi connectivity index (χ4v) is 3.00. The Morgan fingerprint density at radius 3 is 1.88 bits per heavy atom. The molecule has 0 atom stereocenters. The first-order chi connectivity index (χ1) is 12.4. The highest BCUT2D eigenvalue weighted by Gasteiger charge is 2.32. The van der Waals surface area contributed by atoms with E-state index < -0.39 is 12.1 Å². The van der Waals surface area contributed by atoms with Crippen molar-refractivity contribution in [1.82, 2.24) is 0 Å². The van der Waals surface area contributed by atoms with Crippen molar-refractivity contribution in [2.45, 2.75) is 90.3 Å². The van der Waals surface area contributed by atoms with Crippen LogP contribution in [-0.4, -0.2) is 12.1 Å². The van der Waals surface area contributed by atoms with E-state index >= 15 is 0 Å². The van der Waals surface area contributed by atoms with Crippen molar-refractivity contribution in [3.8, 4) is 5.75 Å². The number of carbonyl (C=O) groups excluding carboxylic acids is 1. The van der Waals surface area contributed by atoms with E-state index in [4.69, 9.17) is 0 Å². The summed E-state index contributed by atoms with van der Waals surface area (Å²) in [6.45, 7) is 2.21. The van der Waals surface area contributed by atoms with Gasteiger partial charge in [-0.15, -0.1) is 13.2 Å². The van der Waals surface area contributed by atoms with Crippen molar-refractivity contribution in [2.24, 2.45) is 0 Å². The molecule has 0 fully saturated rings. The van der Waals surface area contributed by atoms with Crippen LogP contribution >= 0.6 is 0 Å². The van der Waals surface area contributed by atoms with Crippen LogP contribution in [0.5, 0.6) is 5.75 Å². The number of rotatable bonds is 14. The normalized spacial score (nSPS) is 11.5. The van der Waals surface area contributed by atoms with E-state index in [0.717, 1.165) is 19.3 Å². The van der Waals surface area contributed by atoms with Gasteiger partial charge in [-0.1, -0.05) is 83.3 Å². The molecule has 0 bridgehead atoms. The summed E-state index contributed by atoms with van der Waals surface area (Å²) in [6, 6.07) is 5.56. The summed E-state index contributed by atoms with van der Waals surface area (Å²) in [6.07, 6.45) is 8.39. The van der Waals surface area contributed by atoms with Crippen molar-refractivity contribution in [3.05, 3.63) is 29.8 Å². The maximum Gasteiger partial charge on any atom is 0.573 e. The minimum absolute atomic E-state index is 0.0110. The number of carbonyl (C=O) groups is 1. The molecule has 0 aromatic heterocycles. The third kappa shape index (κ3) is 10.5. The van der Waals surface area contributed by atoms with Crippen molar-refractivity contribution >= 4 is 5.78 Å². The monoisotopic (exact) mass is 372 g/mol. The van der Waals surface area contributed by atoms with Crippen LogP contribution in [0.1, 0.15) is 94.3 Å². The maximum atomic E-state index is 12.4. The summed E-state index contributed by atoms with van der Waals surface area (Å²) < 4.78 is 41.1. The number of ether oxygens (including phenoxy) is 1. The number of Topliss-reactive ketones (excluding diaryl/α,β-unsaturated/α-hetero) is 1. The van der Waals surface area contributed by atoms with Crippen molar-refractivity contribution in [3.63, 3.8) is 0 Å². The van der Waals surface area contributed by atoms with Crippen LogP contribution in [0.15, 0.2) is 24.3 Å². The minimum atomic E-state index is -4.78. The molecule has 0 N–H and O–H groups in total. The molecule has 0 unspecified atom stereocenters. The van der Waals surface area contributed by atoms with Gasteiger partial charge < -0.3 is 4.74 Å². The first-order valence-electron chi connectivity index (χ1n) is 9.82. The lowest BCUT2D eigenvalue weighted by Gasteiger charge is -2.12. The summed E-state index contributed by atoms with van der Waals surface area (Å²) in [7, 11) is 0. The fraction of sp³-hybridized carbons (Fsp3) is 0.667. The highest BCUT2D eigenvalue weighted by atomic mass is 19.4. The molecule has 26 heavy (non-hydrogen) atoms. The molecular formula is C21H31F3O2. The van der Waals surface area contributed by atoms with Crippen molar-refractivity contribution < 1.29 is 22.7 Å². The smallest absolute Gasteiger partial charge is 0.405 e. The third-order valence-corrected chi connectivity index (χ3v) is 4.42. The second-order valence-corrected chi connectivity index (χ2v) is 6.75. The molecule has 0 saturated carbocycles. The lowest BCUT2D eigenvalue weighted by atomic mass is 10.0. The van der Waals surface area contributed by atoms with Gasteiger partial charge in [0, 0.05) is 6.42 Å². The van der Waals surface area contributed by atoms with Crippen molar-refractivity contribution in [2.75, 3.05) is 0 Å². The molecule has 0 aliphatic heterocycles. The van der Waals surface area contributed by atoms with Gasteiger partial charge in [-0.3, -0.25) is 4.79 Å². The molecule has 1 aromatic rings. The quantitative estimate of drug-likeness (QED) is 0.250. The number of unbranched alkanes of at least 4 members (excludes halogenated alkanes) is 10. The summed E-state index contributed by atoms with van der Waals surface area (Å²) >= 11 is 0. The summed E-state index contributed by atoms with van der Waals surface area (Å²) in [5, 5.41) is 0. The lowest BCUT2D eigenvalue weighted by molar-refractivity contribution is -0.274. The zero-order valence-corrected chi connectivity index (χ0v) is 15.7. The largest absolute Gasteiger partial charge is 0.573 e. The average Bonchev–Trinajstić information content (AvgIpc) is 2.58.